The highest BCUT2D eigenvalue weighted by molar-refractivity contribution is 7.92. The number of sulfonamides is 1. The van der Waals surface area contributed by atoms with Crippen molar-refractivity contribution in [3.05, 3.63) is 42.2 Å². The Balaban J connectivity index is 2.18. The third-order valence-electron chi connectivity index (χ3n) is 2.80. The van der Waals surface area contributed by atoms with E-state index in [4.69, 9.17) is 0 Å². The summed E-state index contributed by atoms with van der Waals surface area (Å²) in [5.74, 6) is -0.478. The SMILES string of the molecule is CCn1cc(S(=O)(=O)Nc2ccc(C(=O)OC)cc2)cn1. The van der Waals surface area contributed by atoms with Gasteiger partial charge in [-0.05, 0) is 31.2 Å². The van der Waals surface area contributed by atoms with Crippen LogP contribution in [0.5, 0.6) is 0 Å². The van der Waals surface area contributed by atoms with Gasteiger partial charge in [0, 0.05) is 18.4 Å². The van der Waals surface area contributed by atoms with Gasteiger partial charge in [-0.2, -0.15) is 5.10 Å². The molecule has 0 saturated heterocycles. The first-order valence-corrected chi connectivity index (χ1v) is 7.68. The van der Waals surface area contributed by atoms with E-state index in [-0.39, 0.29) is 4.90 Å². The van der Waals surface area contributed by atoms with Gasteiger partial charge < -0.3 is 4.74 Å². The number of aryl methyl sites for hydroxylation is 1. The number of aromatic nitrogens is 2. The minimum absolute atomic E-state index is 0.0846. The van der Waals surface area contributed by atoms with Gasteiger partial charge in [0.1, 0.15) is 4.90 Å². The van der Waals surface area contributed by atoms with E-state index >= 15 is 0 Å². The Kier molecular flexibility index (Phi) is 4.27. The number of esters is 1. The fourth-order valence-electron chi connectivity index (χ4n) is 1.66. The standard InChI is InChI=1S/C13H15N3O4S/c1-3-16-9-12(8-14-16)21(18,19)15-11-6-4-10(5-7-11)13(17)20-2/h4-9,15H,3H2,1-2H3. The molecule has 1 heterocycles. The topological polar surface area (TPSA) is 90.3 Å². The van der Waals surface area contributed by atoms with Gasteiger partial charge in [0.25, 0.3) is 10.0 Å². The molecule has 0 aliphatic heterocycles. The van der Waals surface area contributed by atoms with Crippen molar-refractivity contribution in [2.24, 2.45) is 0 Å². The molecule has 112 valence electrons. The summed E-state index contributed by atoms with van der Waals surface area (Å²) in [4.78, 5) is 11.4. The number of anilines is 1. The number of rotatable bonds is 5. The minimum atomic E-state index is -3.69. The van der Waals surface area contributed by atoms with Crippen molar-refractivity contribution in [1.29, 1.82) is 0 Å². The number of carbonyl (C=O) groups is 1. The summed E-state index contributed by atoms with van der Waals surface area (Å²) in [7, 11) is -2.41. The molecule has 0 aliphatic carbocycles. The molecule has 2 aromatic rings. The summed E-state index contributed by atoms with van der Waals surface area (Å²) in [5.41, 5.74) is 0.700. The highest BCUT2D eigenvalue weighted by Gasteiger charge is 2.16. The van der Waals surface area contributed by atoms with E-state index in [1.54, 1.807) is 0 Å². The second-order valence-electron chi connectivity index (χ2n) is 4.21. The van der Waals surface area contributed by atoms with Crippen molar-refractivity contribution in [1.82, 2.24) is 9.78 Å². The number of nitrogens with zero attached hydrogens (tertiary/aromatic N) is 2. The highest BCUT2D eigenvalue weighted by atomic mass is 32.2. The molecular weight excluding hydrogens is 294 g/mol. The fourth-order valence-corrected chi connectivity index (χ4v) is 2.67. The van der Waals surface area contributed by atoms with Gasteiger partial charge in [-0.1, -0.05) is 0 Å². The molecule has 0 unspecified atom stereocenters. The predicted molar refractivity (Wildman–Crippen MR) is 76.5 cm³/mol. The molecule has 0 aliphatic rings. The smallest absolute Gasteiger partial charge is 0.337 e. The first-order chi connectivity index (χ1) is 9.96. The Morgan fingerprint density at radius 3 is 2.52 bits per heavy atom. The first kappa shape index (κ1) is 15.0. The molecule has 0 atom stereocenters. The second kappa shape index (κ2) is 5.96. The molecular formula is C13H15N3O4S. The Morgan fingerprint density at radius 1 is 1.33 bits per heavy atom. The molecule has 0 saturated carbocycles. The monoisotopic (exact) mass is 309 g/mol. The first-order valence-electron chi connectivity index (χ1n) is 6.20. The van der Waals surface area contributed by atoms with Crippen LogP contribution in [-0.4, -0.2) is 31.3 Å². The summed E-state index contributed by atoms with van der Waals surface area (Å²) in [6.45, 7) is 2.45. The van der Waals surface area contributed by atoms with Crippen LogP contribution in [0.15, 0.2) is 41.6 Å². The molecule has 0 bridgehead atoms. The molecule has 1 aromatic heterocycles. The molecule has 0 amide bonds. The van der Waals surface area contributed by atoms with Crippen LogP contribution in [0.2, 0.25) is 0 Å². The fraction of sp³-hybridized carbons (Fsp3) is 0.231. The van der Waals surface area contributed by atoms with Gasteiger partial charge in [-0.3, -0.25) is 9.40 Å². The number of ether oxygens (including phenoxy) is 1. The maximum atomic E-state index is 12.1. The number of hydrogen-bond donors (Lipinski definition) is 1. The zero-order valence-corrected chi connectivity index (χ0v) is 12.4. The molecule has 21 heavy (non-hydrogen) atoms. The van der Waals surface area contributed by atoms with Crippen LogP contribution in [0.25, 0.3) is 0 Å². The third kappa shape index (κ3) is 3.40. The van der Waals surface area contributed by atoms with Gasteiger partial charge in [0.2, 0.25) is 0 Å². The zero-order valence-electron chi connectivity index (χ0n) is 11.6. The Labute approximate surface area is 122 Å². The van der Waals surface area contributed by atoms with Crippen molar-refractivity contribution in [3.8, 4) is 0 Å². The van der Waals surface area contributed by atoms with Crippen LogP contribution >= 0.6 is 0 Å². The van der Waals surface area contributed by atoms with E-state index in [0.717, 1.165) is 0 Å². The summed E-state index contributed by atoms with van der Waals surface area (Å²) >= 11 is 0. The summed E-state index contributed by atoms with van der Waals surface area (Å²) < 4.78 is 32.8. The molecule has 8 heteroatoms. The zero-order chi connectivity index (χ0) is 15.5. The largest absolute Gasteiger partial charge is 0.465 e. The maximum absolute atomic E-state index is 12.1. The second-order valence-corrected chi connectivity index (χ2v) is 5.89. The number of nitrogens with one attached hydrogen (secondary N) is 1. The Bertz CT molecular complexity index is 735. The molecule has 2 rings (SSSR count). The molecule has 1 N–H and O–H groups in total. The lowest BCUT2D eigenvalue weighted by molar-refractivity contribution is 0.0601. The van der Waals surface area contributed by atoms with E-state index < -0.39 is 16.0 Å². The van der Waals surface area contributed by atoms with Gasteiger partial charge in [-0.15, -0.1) is 0 Å². The maximum Gasteiger partial charge on any atom is 0.337 e. The summed E-state index contributed by atoms with van der Waals surface area (Å²) in [6, 6.07) is 5.96. The van der Waals surface area contributed by atoms with Crippen LogP contribution in [-0.2, 0) is 21.3 Å². The highest BCUT2D eigenvalue weighted by Crippen LogP contribution is 2.16. The Morgan fingerprint density at radius 2 is 2.00 bits per heavy atom. The van der Waals surface area contributed by atoms with Crippen molar-refractivity contribution < 1.29 is 17.9 Å². The van der Waals surface area contributed by atoms with E-state index in [0.29, 0.717) is 17.8 Å². The van der Waals surface area contributed by atoms with Crippen molar-refractivity contribution in [3.63, 3.8) is 0 Å². The van der Waals surface area contributed by atoms with Gasteiger partial charge in [-0.25, -0.2) is 13.2 Å². The van der Waals surface area contributed by atoms with E-state index in [1.165, 1.54) is 48.5 Å². The lowest BCUT2D eigenvalue weighted by Crippen LogP contribution is -2.12. The van der Waals surface area contributed by atoms with Crippen LogP contribution in [0.3, 0.4) is 0 Å². The minimum Gasteiger partial charge on any atom is -0.465 e. The lowest BCUT2D eigenvalue weighted by Gasteiger charge is -2.06. The van der Waals surface area contributed by atoms with E-state index in [9.17, 15) is 13.2 Å². The average molecular weight is 309 g/mol. The molecule has 7 nitrogen and oxygen atoms in total. The van der Waals surface area contributed by atoms with Gasteiger partial charge in [0.05, 0.1) is 18.9 Å². The summed E-state index contributed by atoms with van der Waals surface area (Å²) in [6.07, 6.45) is 2.74. The quantitative estimate of drug-likeness (QED) is 0.845. The lowest BCUT2D eigenvalue weighted by atomic mass is 10.2. The summed E-state index contributed by atoms with van der Waals surface area (Å²) in [5, 5.41) is 3.93. The Hall–Kier alpha value is -2.35. The van der Waals surface area contributed by atoms with Crippen molar-refractivity contribution >= 4 is 21.7 Å². The van der Waals surface area contributed by atoms with Crippen LogP contribution in [0.4, 0.5) is 5.69 Å². The third-order valence-corrected chi connectivity index (χ3v) is 4.14. The normalized spacial score (nSPS) is 11.1. The van der Waals surface area contributed by atoms with Crippen LogP contribution in [0, 0.1) is 0 Å². The molecule has 0 spiro atoms. The van der Waals surface area contributed by atoms with Crippen molar-refractivity contribution in [2.75, 3.05) is 11.8 Å². The molecule has 0 fully saturated rings. The predicted octanol–water partition coefficient (Wildman–Crippen LogP) is 1.49. The van der Waals surface area contributed by atoms with E-state index in [1.807, 2.05) is 6.92 Å². The number of carbonyl (C=O) groups excluding carboxylic acids is 1. The number of hydrogen-bond acceptors (Lipinski definition) is 5. The molecule has 0 radical (unpaired) electrons. The van der Waals surface area contributed by atoms with E-state index in [2.05, 4.69) is 14.6 Å². The van der Waals surface area contributed by atoms with Gasteiger partial charge >= 0.3 is 5.97 Å². The number of benzene rings is 1. The van der Waals surface area contributed by atoms with Crippen molar-refractivity contribution in [2.45, 2.75) is 18.4 Å². The van der Waals surface area contributed by atoms with Crippen LogP contribution < -0.4 is 4.72 Å². The van der Waals surface area contributed by atoms with Gasteiger partial charge in [0.15, 0.2) is 0 Å². The molecule has 1 aromatic carbocycles. The number of methoxy groups -OCH3 is 1. The van der Waals surface area contributed by atoms with Crippen LogP contribution in [0.1, 0.15) is 17.3 Å². The average Bonchev–Trinajstić information content (AvgIpc) is 2.96.